The average Bonchev–Trinajstić information content (AvgIpc) is 2.88. The van der Waals surface area contributed by atoms with Crippen LogP contribution in [0.1, 0.15) is 40.0 Å². The van der Waals surface area contributed by atoms with Gasteiger partial charge in [0.25, 0.3) is 11.8 Å². The monoisotopic (exact) mass is 372 g/mol. The van der Waals surface area contributed by atoms with Crippen molar-refractivity contribution in [2.24, 2.45) is 0 Å². The fraction of sp³-hybridized carbons (Fsp3) is 0.444. The molecule has 4 rings (SSSR count). The fourth-order valence-electron chi connectivity index (χ4n) is 3.79. The Labute approximate surface area is 155 Å². The van der Waals surface area contributed by atoms with Gasteiger partial charge in [-0.25, -0.2) is 0 Å². The number of aliphatic hydroxyl groups is 1. The normalized spacial score (nSPS) is 28.2. The predicted octanol–water partition coefficient (Wildman–Crippen LogP) is -0.777. The van der Waals surface area contributed by atoms with Crippen molar-refractivity contribution >= 4 is 29.3 Å². The number of amides is 4. The molecule has 2 fully saturated rings. The number of β-amino-alcohol motifs (C(OH)–C–C–N with tert-alkyl or cyclic N) is 1. The zero-order valence-corrected chi connectivity index (χ0v) is 14.5. The molecule has 1 aromatic rings. The molecule has 9 nitrogen and oxygen atoms in total. The van der Waals surface area contributed by atoms with Crippen molar-refractivity contribution in [2.45, 2.75) is 37.5 Å². The highest BCUT2D eigenvalue weighted by Gasteiger charge is 2.44. The van der Waals surface area contributed by atoms with Crippen LogP contribution in [0.25, 0.3) is 0 Å². The molecule has 2 saturated heterocycles. The first kappa shape index (κ1) is 17.6. The van der Waals surface area contributed by atoms with E-state index in [0.29, 0.717) is 12.2 Å². The Hall–Kier alpha value is -2.78. The second-order valence-electron chi connectivity index (χ2n) is 7.02. The van der Waals surface area contributed by atoms with Crippen molar-refractivity contribution in [3.63, 3.8) is 0 Å². The molecule has 3 aliphatic heterocycles. The van der Waals surface area contributed by atoms with Gasteiger partial charge in [-0.2, -0.15) is 0 Å². The summed E-state index contributed by atoms with van der Waals surface area (Å²) in [5.41, 5.74) is 1.09. The van der Waals surface area contributed by atoms with Gasteiger partial charge in [-0.15, -0.1) is 0 Å². The molecule has 4 amide bonds. The minimum absolute atomic E-state index is 0.0875. The first-order valence-electron chi connectivity index (χ1n) is 8.96. The number of nitrogens with one attached hydrogen (secondary N) is 3. The molecule has 0 spiro atoms. The van der Waals surface area contributed by atoms with E-state index in [1.54, 1.807) is 18.2 Å². The summed E-state index contributed by atoms with van der Waals surface area (Å²) in [5, 5.41) is 18.5. The lowest BCUT2D eigenvalue weighted by molar-refractivity contribution is -0.136. The lowest BCUT2D eigenvalue weighted by Crippen LogP contribution is -2.54. The van der Waals surface area contributed by atoms with Crippen molar-refractivity contribution < 1.29 is 24.3 Å². The molecule has 0 bridgehead atoms. The molecule has 4 N–H and O–H groups in total. The summed E-state index contributed by atoms with van der Waals surface area (Å²) < 4.78 is 0. The summed E-state index contributed by atoms with van der Waals surface area (Å²) in [6.07, 6.45) is 0.393. The van der Waals surface area contributed by atoms with Crippen molar-refractivity contribution in [3.8, 4) is 0 Å². The van der Waals surface area contributed by atoms with Crippen LogP contribution in [0.2, 0.25) is 0 Å². The van der Waals surface area contributed by atoms with Gasteiger partial charge >= 0.3 is 0 Å². The van der Waals surface area contributed by atoms with E-state index in [1.165, 1.54) is 0 Å². The van der Waals surface area contributed by atoms with Crippen LogP contribution in [0, 0.1) is 0 Å². The van der Waals surface area contributed by atoms with E-state index in [9.17, 15) is 24.3 Å². The standard InChI is InChI=1S/C18H20N4O5/c23-14-8-19-6-5-12(14)20-9-1-2-10-11(7-9)18(27)22(17(10)26)13-3-4-15(24)21-16(13)25/h1-2,7,12-14,19-20,23H,3-6,8H2,(H,21,24,25)/t12-,13?,14-/m0/s1. The van der Waals surface area contributed by atoms with E-state index < -0.39 is 35.8 Å². The number of nitrogens with zero attached hydrogens (tertiary/aromatic N) is 1. The highest BCUT2D eigenvalue weighted by atomic mass is 16.3. The van der Waals surface area contributed by atoms with Crippen molar-refractivity contribution in [1.29, 1.82) is 0 Å². The Morgan fingerprint density at radius 1 is 1.07 bits per heavy atom. The Kier molecular flexibility index (Phi) is 4.40. The second kappa shape index (κ2) is 6.75. The van der Waals surface area contributed by atoms with Crippen LogP contribution in [0.4, 0.5) is 5.69 Å². The number of hydrogen-bond acceptors (Lipinski definition) is 7. The molecule has 3 atom stereocenters. The maximum Gasteiger partial charge on any atom is 0.262 e. The third-order valence-corrected chi connectivity index (χ3v) is 5.24. The van der Waals surface area contributed by atoms with Gasteiger partial charge in [0.1, 0.15) is 6.04 Å². The summed E-state index contributed by atoms with van der Waals surface area (Å²) in [5.74, 6) is -2.10. The number of benzene rings is 1. The van der Waals surface area contributed by atoms with Crippen molar-refractivity contribution in [1.82, 2.24) is 15.5 Å². The third-order valence-electron chi connectivity index (χ3n) is 5.24. The molecule has 0 radical (unpaired) electrons. The molecule has 3 aliphatic rings. The number of carbonyl (C=O) groups excluding carboxylic acids is 4. The number of imide groups is 2. The summed E-state index contributed by atoms with van der Waals surface area (Å²) >= 11 is 0. The Balaban J connectivity index is 1.56. The number of anilines is 1. The highest BCUT2D eigenvalue weighted by molar-refractivity contribution is 6.23. The van der Waals surface area contributed by atoms with E-state index >= 15 is 0 Å². The van der Waals surface area contributed by atoms with Gasteiger partial charge in [-0.05, 0) is 37.6 Å². The molecule has 1 aromatic carbocycles. The van der Waals surface area contributed by atoms with Gasteiger partial charge in [-0.1, -0.05) is 0 Å². The van der Waals surface area contributed by atoms with E-state index in [4.69, 9.17) is 0 Å². The Morgan fingerprint density at radius 3 is 2.59 bits per heavy atom. The van der Waals surface area contributed by atoms with E-state index in [0.717, 1.165) is 17.9 Å². The second-order valence-corrected chi connectivity index (χ2v) is 7.02. The lowest BCUT2D eigenvalue weighted by atomic mass is 10.0. The minimum Gasteiger partial charge on any atom is -0.390 e. The summed E-state index contributed by atoms with van der Waals surface area (Å²) in [7, 11) is 0. The molecule has 9 heteroatoms. The van der Waals surface area contributed by atoms with Crippen molar-refractivity contribution in [3.05, 3.63) is 29.3 Å². The summed E-state index contributed by atoms with van der Waals surface area (Å²) in [6, 6.07) is 3.70. The number of hydrogen-bond donors (Lipinski definition) is 4. The summed E-state index contributed by atoms with van der Waals surface area (Å²) in [6.45, 7) is 1.27. The van der Waals surface area contributed by atoms with Crippen LogP contribution < -0.4 is 16.0 Å². The number of piperidine rings is 2. The quantitative estimate of drug-likeness (QED) is 0.513. The van der Waals surface area contributed by atoms with Crippen LogP contribution in [-0.2, 0) is 9.59 Å². The topological polar surface area (TPSA) is 128 Å². The van der Waals surface area contributed by atoms with E-state index in [2.05, 4.69) is 16.0 Å². The molecule has 1 unspecified atom stereocenters. The molecular formula is C18H20N4O5. The molecular weight excluding hydrogens is 352 g/mol. The van der Waals surface area contributed by atoms with Crippen LogP contribution in [-0.4, -0.2) is 64.9 Å². The molecule has 27 heavy (non-hydrogen) atoms. The zero-order valence-electron chi connectivity index (χ0n) is 14.5. The van der Waals surface area contributed by atoms with Crippen molar-refractivity contribution in [2.75, 3.05) is 18.4 Å². The first-order chi connectivity index (χ1) is 13.0. The van der Waals surface area contributed by atoms with Gasteiger partial charge in [0.2, 0.25) is 11.8 Å². The van der Waals surface area contributed by atoms with Crippen LogP contribution in [0.3, 0.4) is 0 Å². The molecule has 0 saturated carbocycles. The van der Waals surface area contributed by atoms with Crippen LogP contribution in [0.15, 0.2) is 18.2 Å². The molecule has 3 heterocycles. The lowest BCUT2D eigenvalue weighted by Gasteiger charge is -2.30. The Bertz CT molecular complexity index is 839. The number of aliphatic hydroxyl groups excluding tert-OH is 1. The number of fused-ring (bicyclic) bond motifs is 1. The van der Waals surface area contributed by atoms with E-state index in [1.807, 2.05) is 0 Å². The van der Waals surface area contributed by atoms with Gasteiger partial charge in [0.05, 0.1) is 23.3 Å². The largest absolute Gasteiger partial charge is 0.390 e. The maximum absolute atomic E-state index is 12.8. The van der Waals surface area contributed by atoms with Gasteiger partial charge < -0.3 is 15.7 Å². The molecule has 142 valence electrons. The first-order valence-corrected chi connectivity index (χ1v) is 8.96. The average molecular weight is 372 g/mol. The third kappa shape index (κ3) is 3.08. The van der Waals surface area contributed by atoms with Gasteiger partial charge in [0, 0.05) is 18.7 Å². The predicted molar refractivity (Wildman–Crippen MR) is 94.0 cm³/mol. The minimum atomic E-state index is -0.974. The molecule has 0 aromatic heterocycles. The van der Waals surface area contributed by atoms with Gasteiger partial charge in [-0.3, -0.25) is 29.4 Å². The zero-order chi connectivity index (χ0) is 19.1. The fourth-order valence-corrected chi connectivity index (χ4v) is 3.79. The Morgan fingerprint density at radius 2 is 1.85 bits per heavy atom. The number of rotatable bonds is 3. The van der Waals surface area contributed by atoms with Gasteiger partial charge in [0.15, 0.2) is 0 Å². The van der Waals surface area contributed by atoms with Crippen LogP contribution >= 0.6 is 0 Å². The number of carbonyl (C=O) groups is 4. The maximum atomic E-state index is 12.8. The SMILES string of the molecule is O=C1CCC(N2C(=O)c3ccc(N[C@H]4CCNC[C@@H]4O)cc3C2=O)C(=O)N1. The smallest absolute Gasteiger partial charge is 0.262 e. The summed E-state index contributed by atoms with van der Waals surface area (Å²) in [4.78, 5) is 49.8. The molecule has 0 aliphatic carbocycles. The highest BCUT2D eigenvalue weighted by Crippen LogP contribution is 2.30. The van der Waals surface area contributed by atoms with Crippen LogP contribution in [0.5, 0.6) is 0 Å². The van der Waals surface area contributed by atoms with E-state index in [-0.39, 0.29) is 30.0 Å².